The summed E-state index contributed by atoms with van der Waals surface area (Å²) in [4.78, 5) is 56.0. The molecule has 2 aliphatic heterocycles. The second kappa shape index (κ2) is 30.3. The van der Waals surface area contributed by atoms with Gasteiger partial charge < -0.3 is 49.9 Å². The first kappa shape index (κ1) is 61.0. The van der Waals surface area contributed by atoms with Crippen LogP contribution in [0.25, 0.3) is 33.2 Å². The topological polar surface area (TPSA) is 239 Å². The molecule has 6 heterocycles. The van der Waals surface area contributed by atoms with E-state index in [9.17, 15) is 9.59 Å². The van der Waals surface area contributed by atoms with Crippen LogP contribution in [-0.4, -0.2) is 131 Å². The molecule has 10 rings (SSSR count). The molecule has 2 amide bonds. The van der Waals surface area contributed by atoms with Gasteiger partial charge >= 0.3 is 7.12 Å². The number of para-hydroxylation sites is 4. The number of rotatable bonds is 20. The molecule has 0 saturated carbocycles. The Morgan fingerprint density at radius 3 is 1.49 bits per heavy atom. The molecule has 8 aromatic rings. The van der Waals surface area contributed by atoms with Gasteiger partial charge in [-0.15, -0.1) is 0 Å². The fourth-order valence-electron chi connectivity index (χ4n) is 11.1. The van der Waals surface area contributed by atoms with Crippen molar-refractivity contribution < 1.29 is 29.1 Å². The molecule has 0 radical (unpaired) electrons. The van der Waals surface area contributed by atoms with Gasteiger partial charge in [-0.25, -0.2) is 29.9 Å². The second-order valence-electron chi connectivity index (χ2n) is 21.7. The van der Waals surface area contributed by atoms with Crippen LogP contribution in [0.4, 0.5) is 11.9 Å². The molecule has 20 heteroatoms. The standard InChI is InChI=1S/C31H38N6O2.C27H34BrN3O2.C4H6BN3O2/c1-22(17-23-10-12-24(13-11-23)26-19-33-31(32)34-20-26)18-29(38)36-14-5-7-25(21-36)30-35-27-8-3-4-9-28(27)37(30)15-6-16-39-2;1-20(17-21-10-12-23(28)13-11-21)18-26(32)30-14-5-7-22(19-30)27-29-24-8-3-4-9-25(24)31(27)15-6-16-33-2;6-4-7-1-3(2-8-4)5(9)10/h3-4,8-13,19-20,22,25H,5-7,14-18,21H2,1-2H3,(H2,32,33,34);3-4,8-13,20,22H,5-7,14-19H2,1-2H3;1-2,9-10H,(H2,6,7,8)/t22-,25-;20-,22-;/m11./s1. The summed E-state index contributed by atoms with van der Waals surface area (Å²) >= 11 is 3.49. The van der Waals surface area contributed by atoms with Crippen molar-refractivity contribution in [1.29, 1.82) is 0 Å². The Bertz CT molecular complexity index is 3270. The van der Waals surface area contributed by atoms with Gasteiger partial charge in [0.2, 0.25) is 23.7 Å². The fraction of sp³-hybridized carbons (Fsp3) is 0.419. The second-order valence-corrected chi connectivity index (χ2v) is 22.6. The molecule has 0 aliphatic carbocycles. The normalized spacial score (nSPS) is 16.0. The van der Waals surface area contributed by atoms with Crippen molar-refractivity contribution in [3.05, 3.63) is 149 Å². The number of amides is 2. The lowest BCUT2D eigenvalue weighted by atomic mass is 9.83. The number of nitrogens with zero attached hydrogens (tertiary/aromatic N) is 10. The van der Waals surface area contributed by atoms with Crippen LogP contribution in [0.1, 0.15) is 99.8 Å². The Kier molecular flexibility index (Phi) is 22.5. The third-order valence-corrected chi connectivity index (χ3v) is 15.7. The Balaban J connectivity index is 0.000000185. The van der Waals surface area contributed by atoms with Gasteiger partial charge in [0.15, 0.2) is 0 Å². The van der Waals surface area contributed by atoms with Crippen LogP contribution in [0.15, 0.2) is 126 Å². The molecule has 432 valence electrons. The van der Waals surface area contributed by atoms with Crippen molar-refractivity contribution in [2.24, 2.45) is 11.8 Å². The van der Waals surface area contributed by atoms with E-state index in [0.717, 1.165) is 148 Å². The minimum absolute atomic E-state index is 0.115. The van der Waals surface area contributed by atoms with Gasteiger partial charge in [0.1, 0.15) is 11.6 Å². The molecule has 4 atom stereocenters. The number of nitrogen functional groups attached to an aromatic ring is 2. The first-order valence-electron chi connectivity index (χ1n) is 28.5. The number of halogens is 1. The number of carbonyl (C=O) groups is 2. The van der Waals surface area contributed by atoms with E-state index in [1.807, 2.05) is 12.1 Å². The molecule has 2 saturated heterocycles. The van der Waals surface area contributed by atoms with Crippen molar-refractivity contribution in [2.45, 2.75) is 103 Å². The predicted molar refractivity (Wildman–Crippen MR) is 327 cm³/mol. The molecule has 82 heavy (non-hydrogen) atoms. The van der Waals surface area contributed by atoms with Gasteiger partial charge in [0.25, 0.3) is 0 Å². The largest absolute Gasteiger partial charge is 0.491 e. The smallest absolute Gasteiger partial charge is 0.423 e. The highest BCUT2D eigenvalue weighted by atomic mass is 79.9. The maximum absolute atomic E-state index is 13.4. The van der Waals surface area contributed by atoms with E-state index in [0.29, 0.717) is 18.8 Å². The first-order valence-corrected chi connectivity index (χ1v) is 29.3. The third-order valence-electron chi connectivity index (χ3n) is 15.2. The summed E-state index contributed by atoms with van der Waals surface area (Å²) < 4.78 is 16.4. The Hall–Kier alpha value is -7.10. The van der Waals surface area contributed by atoms with Crippen LogP contribution < -0.4 is 16.9 Å². The molecular formula is C62H78BBrN12O6. The summed E-state index contributed by atoms with van der Waals surface area (Å²) in [5.74, 6) is 4.21. The molecule has 4 aromatic carbocycles. The zero-order valence-corrected chi connectivity index (χ0v) is 49.3. The van der Waals surface area contributed by atoms with Crippen LogP contribution >= 0.6 is 15.9 Å². The fourth-order valence-corrected chi connectivity index (χ4v) is 11.3. The van der Waals surface area contributed by atoms with Gasteiger partial charge in [-0.2, -0.15) is 0 Å². The van der Waals surface area contributed by atoms with Crippen molar-refractivity contribution in [3.63, 3.8) is 0 Å². The Morgan fingerprint density at radius 1 is 0.622 bits per heavy atom. The van der Waals surface area contributed by atoms with Crippen molar-refractivity contribution in [2.75, 3.05) is 65.1 Å². The van der Waals surface area contributed by atoms with Crippen LogP contribution in [0.3, 0.4) is 0 Å². The number of fused-ring (bicyclic) bond motifs is 2. The number of imidazole rings is 2. The van der Waals surface area contributed by atoms with Crippen molar-refractivity contribution in [1.82, 2.24) is 48.8 Å². The molecule has 4 aromatic heterocycles. The minimum Gasteiger partial charge on any atom is -0.423 e. The number of carbonyl (C=O) groups excluding carboxylic acids is 2. The molecule has 0 bridgehead atoms. The van der Waals surface area contributed by atoms with Crippen LogP contribution in [-0.2, 0) is 45.0 Å². The average Bonchev–Trinajstić information content (AvgIpc) is 4.09. The number of aromatic nitrogens is 8. The van der Waals surface area contributed by atoms with E-state index in [2.05, 4.69) is 154 Å². The lowest BCUT2D eigenvalue weighted by Gasteiger charge is -2.33. The van der Waals surface area contributed by atoms with E-state index in [-0.39, 0.29) is 46.9 Å². The summed E-state index contributed by atoms with van der Waals surface area (Å²) in [5.41, 5.74) is 19.9. The van der Waals surface area contributed by atoms with Crippen molar-refractivity contribution >= 4 is 74.3 Å². The van der Waals surface area contributed by atoms with Crippen LogP contribution in [0.2, 0.25) is 0 Å². The molecule has 18 nitrogen and oxygen atoms in total. The maximum Gasteiger partial charge on any atom is 0.491 e. The number of hydrogen-bond donors (Lipinski definition) is 4. The minimum atomic E-state index is -1.53. The summed E-state index contributed by atoms with van der Waals surface area (Å²) in [7, 11) is 1.96. The summed E-state index contributed by atoms with van der Waals surface area (Å²) in [6.07, 6.45) is 14.9. The zero-order chi connectivity index (χ0) is 58.0. The number of benzene rings is 4. The SMILES string of the molecule is COCCCn1c([C@@H]2CCCN(C(=O)C[C@H](C)Cc3ccc(-c4cnc(N)nc4)cc3)C2)nc2ccccc21.COCCCn1c([C@@H]2CCCN(C(=O)C[C@H](C)Cc3ccc(Br)cc3)C2)nc2ccccc21.Nc1ncc(B(O)O)cn1. The highest BCUT2D eigenvalue weighted by Gasteiger charge is 2.31. The van der Waals surface area contributed by atoms with E-state index in [4.69, 9.17) is 41.0 Å². The number of aryl methyl sites for hydroxylation is 2. The quantitative estimate of drug-likeness (QED) is 0.0413. The highest BCUT2D eigenvalue weighted by Crippen LogP contribution is 2.33. The van der Waals surface area contributed by atoms with Gasteiger partial charge in [0, 0.05) is 132 Å². The third kappa shape index (κ3) is 17.0. The number of hydrogen-bond acceptors (Lipinski definition) is 14. The number of ether oxygens (including phenoxy) is 2. The summed E-state index contributed by atoms with van der Waals surface area (Å²) in [6.45, 7) is 10.7. The zero-order valence-electron chi connectivity index (χ0n) is 47.7. The van der Waals surface area contributed by atoms with Gasteiger partial charge in [-0.3, -0.25) is 9.59 Å². The predicted octanol–water partition coefficient (Wildman–Crippen LogP) is 8.64. The Labute approximate surface area is 490 Å². The number of nitrogens with two attached hydrogens (primary N) is 2. The molecule has 2 aliphatic rings. The van der Waals surface area contributed by atoms with Gasteiger partial charge in [-0.05, 0) is 116 Å². The monoisotopic (exact) mass is 1180 g/mol. The van der Waals surface area contributed by atoms with Crippen LogP contribution in [0.5, 0.6) is 0 Å². The van der Waals surface area contributed by atoms with Gasteiger partial charge in [0.05, 0.1) is 22.1 Å². The van der Waals surface area contributed by atoms with E-state index in [1.54, 1.807) is 26.6 Å². The lowest BCUT2D eigenvalue weighted by molar-refractivity contribution is -0.134. The molecule has 0 spiro atoms. The van der Waals surface area contributed by atoms with Gasteiger partial charge in [-0.1, -0.05) is 90.4 Å². The van der Waals surface area contributed by atoms with E-state index >= 15 is 0 Å². The highest BCUT2D eigenvalue weighted by molar-refractivity contribution is 9.10. The van der Waals surface area contributed by atoms with Crippen LogP contribution in [0, 0.1) is 11.8 Å². The van der Waals surface area contributed by atoms with E-state index in [1.165, 1.54) is 29.0 Å². The maximum atomic E-state index is 13.4. The summed E-state index contributed by atoms with van der Waals surface area (Å²) in [6, 6.07) is 33.5. The average molecular weight is 1180 g/mol. The molecule has 0 unspecified atom stereocenters. The molecule has 2 fully saturated rings. The lowest BCUT2D eigenvalue weighted by Crippen LogP contribution is -2.40. The van der Waals surface area contributed by atoms with E-state index < -0.39 is 7.12 Å². The van der Waals surface area contributed by atoms with Crippen molar-refractivity contribution in [3.8, 4) is 11.1 Å². The Morgan fingerprint density at radius 2 is 1.05 bits per heavy atom. The first-order chi connectivity index (χ1) is 39.8. The summed E-state index contributed by atoms with van der Waals surface area (Å²) in [5, 5.41) is 17.1. The molecule has 6 N–H and O–H groups in total. The number of methoxy groups -OCH3 is 2. The number of piperidine rings is 2. The number of anilines is 2. The molecular weight excluding hydrogens is 1100 g/mol. The number of likely N-dealkylation sites (tertiary alicyclic amines) is 2.